The second-order valence-corrected chi connectivity index (χ2v) is 4.52. The third-order valence-corrected chi connectivity index (χ3v) is 3.07. The largest absolute Gasteiger partial charge is 0.329 e. The average Bonchev–Trinajstić information content (AvgIpc) is 2.38. The van der Waals surface area contributed by atoms with Gasteiger partial charge >= 0.3 is 0 Å². The normalized spacial score (nSPS) is 12.8. The van der Waals surface area contributed by atoms with E-state index in [1.54, 1.807) is 0 Å². The lowest BCUT2D eigenvalue weighted by Gasteiger charge is -2.11. The quantitative estimate of drug-likeness (QED) is 0.824. The highest BCUT2D eigenvalue weighted by Crippen LogP contribution is 2.15. The lowest BCUT2D eigenvalue weighted by atomic mass is 10.1. The van der Waals surface area contributed by atoms with Gasteiger partial charge in [-0.25, -0.2) is 0 Å². The van der Waals surface area contributed by atoms with Crippen LogP contribution in [0.4, 0.5) is 0 Å². The van der Waals surface area contributed by atoms with Gasteiger partial charge in [0.15, 0.2) is 0 Å². The third kappa shape index (κ3) is 3.29. The van der Waals surface area contributed by atoms with Crippen molar-refractivity contribution in [1.82, 2.24) is 5.32 Å². The number of hydrogen-bond acceptors (Lipinski definition) is 2. The van der Waals surface area contributed by atoms with Crippen molar-refractivity contribution in [2.45, 2.75) is 19.4 Å². The van der Waals surface area contributed by atoms with Crippen LogP contribution in [0.1, 0.15) is 12.5 Å². The number of nitrogens with two attached hydrogens (primary N) is 1. The van der Waals surface area contributed by atoms with Crippen LogP contribution in [0.2, 0.25) is 0 Å². The van der Waals surface area contributed by atoms with Gasteiger partial charge < -0.3 is 11.1 Å². The molecule has 0 aliphatic heterocycles. The van der Waals surface area contributed by atoms with Gasteiger partial charge in [-0.15, -0.1) is 0 Å². The van der Waals surface area contributed by atoms with Gasteiger partial charge in [0.1, 0.15) is 0 Å². The van der Waals surface area contributed by atoms with E-state index >= 15 is 0 Å². The Bertz CT molecular complexity index is 479. The summed E-state index contributed by atoms with van der Waals surface area (Å²) >= 11 is 0. The summed E-state index contributed by atoms with van der Waals surface area (Å²) in [6, 6.07) is 15.5. The molecule has 0 saturated carbocycles. The summed E-state index contributed by atoms with van der Waals surface area (Å²) in [5, 5.41) is 6.03. The van der Waals surface area contributed by atoms with Crippen molar-refractivity contribution in [3.63, 3.8) is 0 Å². The second kappa shape index (κ2) is 5.80. The lowest BCUT2D eigenvalue weighted by molar-refractivity contribution is 0.559. The second-order valence-electron chi connectivity index (χ2n) is 4.52. The predicted molar refractivity (Wildman–Crippen MR) is 74.2 cm³/mol. The maximum atomic E-state index is 5.56. The zero-order valence-electron chi connectivity index (χ0n) is 10.3. The first-order valence-electron chi connectivity index (χ1n) is 6.21. The van der Waals surface area contributed by atoms with Crippen LogP contribution in [-0.2, 0) is 6.42 Å². The molecule has 0 radical (unpaired) electrons. The molecule has 1 atom stereocenters. The van der Waals surface area contributed by atoms with Crippen LogP contribution in [0, 0.1) is 0 Å². The van der Waals surface area contributed by atoms with Crippen LogP contribution >= 0.6 is 0 Å². The lowest BCUT2D eigenvalue weighted by Crippen LogP contribution is -2.34. The number of benzene rings is 2. The maximum absolute atomic E-state index is 5.56. The number of rotatable bonds is 5. The molecule has 2 nitrogen and oxygen atoms in total. The van der Waals surface area contributed by atoms with E-state index in [4.69, 9.17) is 5.73 Å². The molecule has 0 spiro atoms. The Balaban J connectivity index is 1.99. The maximum Gasteiger partial charge on any atom is 0.0162 e. The van der Waals surface area contributed by atoms with Crippen molar-refractivity contribution < 1.29 is 0 Å². The molecule has 0 aliphatic rings. The average molecular weight is 228 g/mol. The summed E-state index contributed by atoms with van der Waals surface area (Å²) in [4.78, 5) is 0. The van der Waals surface area contributed by atoms with Crippen molar-refractivity contribution in [2.24, 2.45) is 5.73 Å². The van der Waals surface area contributed by atoms with Gasteiger partial charge in [-0.2, -0.15) is 0 Å². The van der Waals surface area contributed by atoms with Gasteiger partial charge in [0.2, 0.25) is 0 Å². The molecule has 0 saturated heterocycles. The van der Waals surface area contributed by atoms with E-state index in [1.807, 2.05) is 0 Å². The third-order valence-electron chi connectivity index (χ3n) is 3.07. The fraction of sp³-hybridized carbons (Fsp3) is 0.333. The van der Waals surface area contributed by atoms with Gasteiger partial charge in [0, 0.05) is 12.6 Å². The first kappa shape index (κ1) is 12.1. The molecule has 90 valence electrons. The molecule has 0 unspecified atom stereocenters. The summed E-state index contributed by atoms with van der Waals surface area (Å²) < 4.78 is 0. The minimum absolute atomic E-state index is 0.399. The molecule has 0 bridgehead atoms. The van der Waals surface area contributed by atoms with Crippen LogP contribution in [0.25, 0.3) is 10.8 Å². The molecule has 2 heteroatoms. The molecule has 0 heterocycles. The van der Waals surface area contributed by atoms with E-state index in [9.17, 15) is 0 Å². The highest BCUT2D eigenvalue weighted by atomic mass is 14.9. The summed E-state index contributed by atoms with van der Waals surface area (Å²) in [5.74, 6) is 0. The van der Waals surface area contributed by atoms with Crippen LogP contribution in [0.5, 0.6) is 0 Å². The molecule has 0 amide bonds. The molecule has 17 heavy (non-hydrogen) atoms. The van der Waals surface area contributed by atoms with Gasteiger partial charge in [-0.1, -0.05) is 42.5 Å². The highest BCUT2D eigenvalue weighted by Gasteiger charge is 1.99. The fourth-order valence-electron chi connectivity index (χ4n) is 1.94. The van der Waals surface area contributed by atoms with Crippen LogP contribution in [0.3, 0.4) is 0 Å². The number of fused-ring (bicyclic) bond motifs is 1. The Morgan fingerprint density at radius 2 is 1.88 bits per heavy atom. The van der Waals surface area contributed by atoms with E-state index in [0.717, 1.165) is 13.0 Å². The molecular formula is C15H20N2. The Hall–Kier alpha value is -1.38. The Morgan fingerprint density at radius 1 is 1.12 bits per heavy atom. The van der Waals surface area contributed by atoms with Crippen molar-refractivity contribution in [1.29, 1.82) is 0 Å². The zero-order chi connectivity index (χ0) is 12.1. The monoisotopic (exact) mass is 228 g/mol. The smallest absolute Gasteiger partial charge is 0.0162 e. The molecule has 2 aromatic carbocycles. The SMILES string of the molecule is C[C@H](CN)NCCc1ccc2ccccc2c1. The molecular weight excluding hydrogens is 208 g/mol. The fourth-order valence-corrected chi connectivity index (χ4v) is 1.94. The summed E-state index contributed by atoms with van der Waals surface area (Å²) in [6.45, 7) is 3.79. The summed E-state index contributed by atoms with van der Waals surface area (Å²) in [5.41, 5.74) is 6.94. The minimum Gasteiger partial charge on any atom is -0.329 e. The number of nitrogens with one attached hydrogen (secondary N) is 1. The molecule has 0 fully saturated rings. The van der Waals surface area contributed by atoms with Crippen LogP contribution in [0.15, 0.2) is 42.5 Å². The van der Waals surface area contributed by atoms with E-state index in [0.29, 0.717) is 12.6 Å². The Labute approximate surface area is 103 Å². The van der Waals surface area contributed by atoms with Crippen molar-refractivity contribution in [3.05, 3.63) is 48.0 Å². The van der Waals surface area contributed by atoms with E-state index in [1.165, 1.54) is 16.3 Å². The molecule has 0 aromatic heterocycles. The van der Waals surface area contributed by atoms with E-state index < -0.39 is 0 Å². The minimum atomic E-state index is 0.399. The van der Waals surface area contributed by atoms with Crippen molar-refractivity contribution in [3.8, 4) is 0 Å². The highest BCUT2D eigenvalue weighted by molar-refractivity contribution is 5.82. The molecule has 0 aliphatic carbocycles. The number of hydrogen-bond donors (Lipinski definition) is 2. The van der Waals surface area contributed by atoms with Crippen molar-refractivity contribution >= 4 is 10.8 Å². The van der Waals surface area contributed by atoms with Gasteiger partial charge in [-0.05, 0) is 36.2 Å². The topological polar surface area (TPSA) is 38.0 Å². The summed E-state index contributed by atoms with van der Waals surface area (Å²) in [7, 11) is 0. The molecule has 3 N–H and O–H groups in total. The van der Waals surface area contributed by atoms with Crippen molar-refractivity contribution in [2.75, 3.05) is 13.1 Å². The predicted octanol–water partition coefficient (Wildman–Crippen LogP) is 2.32. The molecule has 2 rings (SSSR count). The van der Waals surface area contributed by atoms with E-state index in [2.05, 4.69) is 54.7 Å². The van der Waals surface area contributed by atoms with E-state index in [-0.39, 0.29) is 0 Å². The first-order chi connectivity index (χ1) is 8.29. The summed E-state index contributed by atoms with van der Waals surface area (Å²) in [6.07, 6.45) is 1.05. The first-order valence-corrected chi connectivity index (χ1v) is 6.21. The van der Waals surface area contributed by atoms with Gasteiger partial charge in [0.05, 0.1) is 0 Å². The van der Waals surface area contributed by atoms with Gasteiger partial charge in [-0.3, -0.25) is 0 Å². The van der Waals surface area contributed by atoms with Crippen LogP contribution in [-0.4, -0.2) is 19.1 Å². The van der Waals surface area contributed by atoms with Crippen LogP contribution < -0.4 is 11.1 Å². The standard InChI is InChI=1S/C15H20N2/c1-12(11-16)17-9-8-13-6-7-14-4-2-3-5-15(14)10-13/h2-7,10,12,17H,8-9,11,16H2,1H3/t12-/m1/s1. The van der Waals surface area contributed by atoms with Gasteiger partial charge in [0.25, 0.3) is 0 Å². The zero-order valence-corrected chi connectivity index (χ0v) is 10.3. The molecule has 2 aromatic rings. The Morgan fingerprint density at radius 3 is 2.65 bits per heavy atom. The Kier molecular flexibility index (Phi) is 4.13.